The van der Waals surface area contributed by atoms with E-state index in [2.05, 4.69) is 25.9 Å². The fourth-order valence-electron chi connectivity index (χ4n) is 3.51. The lowest BCUT2D eigenvalue weighted by Crippen LogP contribution is -2.57. The van der Waals surface area contributed by atoms with Crippen molar-refractivity contribution >= 4 is 23.6 Å². The molecule has 1 saturated carbocycles. The van der Waals surface area contributed by atoms with Gasteiger partial charge in [-0.25, -0.2) is 9.97 Å². The number of carbonyl (C=O) groups is 2. The van der Waals surface area contributed by atoms with Gasteiger partial charge in [0.2, 0.25) is 11.8 Å². The summed E-state index contributed by atoms with van der Waals surface area (Å²) in [7, 11) is 0. The van der Waals surface area contributed by atoms with Gasteiger partial charge in [0.1, 0.15) is 6.17 Å². The number of nitrogens with one attached hydrogen (secondary N) is 3. The van der Waals surface area contributed by atoms with Crippen molar-refractivity contribution in [1.29, 1.82) is 0 Å². The summed E-state index contributed by atoms with van der Waals surface area (Å²) in [5.74, 6) is -0.0742. The Hall–Kier alpha value is -2.66. The minimum Gasteiger partial charge on any atom is -0.348 e. The number of rotatable bonds is 6. The highest BCUT2D eigenvalue weighted by molar-refractivity contribution is 8.00. The van der Waals surface area contributed by atoms with Crippen LogP contribution in [-0.4, -0.2) is 33.3 Å². The van der Waals surface area contributed by atoms with Crippen LogP contribution >= 0.6 is 11.8 Å². The zero-order valence-corrected chi connectivity index (χ0v) is 17.0. The van der Waals surface area contributed by atoms with E-state index in [-0.39, 0.29) is 46.9 Å². The molecule has 2 fully saturated rings. The van der Waals surface area contributed by atoms with Gasteiger partial charge in [-0.15, -0.1) is 0 Å². The first kappa shape index (κ1) is 21.6. The second-order valence-electron chi connectivity index (χ2n) is 7.47. The molecule has 3 atom stereocenters. The molecular formula is C20H20F3N5O2S. The smallest absolute Gasteiger partial charge is 0.348 e. The van der Waals surface area contributed by atoms with Crippen molar-refractivity contribution in [3.05, 3.63) is 54.1 Å². The molecule has 4 rings (SSSR count). The highest BCUT2D eigenvalue weighted by atomic mass is 32.2. The van der Waals surface area contributed by atoms with Gasteiger partial charge in [-0.05, 0) is 54.3 Å². The molecule has 1 aromatic heterocycles. The third-order valence-corrected chi connectivity index (χ3v) is 5.83. The van der Waals surface area contributed by atoms with Crippen molar-refractivity contribution < 1.29 is 22.8 Å². The van der Waals surface area contributed by atoms with Crippen LogP contribution in [0.25, 0.3) is 0 Å². The molecule has 2 aromatic rings. The molecule has 2 heterocycles. The molecule has 2 aliphatic rings. The maximum atomic E-state index is 12.9. The minimum atomic E-state index is -4.35. The van der Waals surface area contributed by atoms with Gasteiger partial charge in [0, 0.05) is 17.3 Å². The number of thioether (sulfide) groups is 1. The fourth-order valence-corrected chi connectivity index (χ4v) is 4.05. The monoisotopic (exact) mass is 451 g/mol. The normalized spacial score (nSPS) is 22.5. The van der Waals surface area contributed by atoms with Gasteiger partial charge in [-0.1, -0.05) is 12.1 Å². The highest BCUT2D eigenvalue weighted by Crippen LogP contribution is 2.42. The lowest BCUT2D eigenvalue weighted by atomic mass is 10.0. The van der Waals surface area contributed by atoms with Crippen LogP contribution in [0.3, 0.4) is 0 Å². The summed E-state index contributed by atoms with van der Waals surface area (Å²) in [6.07, 6.45) is 4.21. The largest absolute Gasteiger partial charge is 0.446 e. The molecule has 1 saturated heterocycles. The topological polar surface area (TPSA) is 96.0 Å². The first-order valence-electron chi connectivity index (χ1n) is 9.77. The molecule has 0 spiro atoms. The third kappa shape index (κ3) is 5.73. The van der Waals surface area contributed by atoms with Crippen molar-refractivity contribution in [2.45, 2.75) is 47.9 Å². The number of carbonyl (C=O) groups excluding carboxylic acids is 2. The van der Waals surface area contributed by atoms with Gasteiger partial charge in [-0.2, -0.15) is 13.2 Å². The summed E-state index contributed by atoms with van der Waals surface area (Å²) < 4.78 is 37.7. The van der Waals surface area contributed by atoms with Crippen LogP contribution in [0.15, 0.2) is 47.6 Å². The molecule has 1 aliphatic heterocycles. The molecule has 2 unspecified atom stereocenters. The van der Waals surface area contributed by atoms with E-state index >= 15 is 0 Å². The maximum Gasteiger partial charge on any atom is 0.446 e. The van der Waals surface area contributed by atoms with E-state index in [1.165, 1.54) is 12.1 Å². The average molecular weight is 451 g/mol. The molecular weight excluding hydrogens is 431 g/mol. The molecule has 2 amide bonds. The van der Waals surface area contributed by atoms with Gasteiger partial charge in [0.15, 0.2) is 5.82 Å². The zero-order valence-electron chi connectivity index (χ0n) is 16.2. The van der Waals surface area contributed by atoms with Gasteiger partial charge >= 0.3 is 5.51 Å². The molecule has 31 heavy (non-hydrogen) atoms. The lowest BCUT2D eigenvalue weighted by molar-refractivity contribution is -0.132. The van der Waals surface area contributed by atoms with E-state index in [9.17, 15) is 22.8 Å². The van der Waals surface area contributed by atoms with Crippen molar-refractivity contribution in [3.63, 3.8) is 0 Å². The van der Waals surface area contributed by atoms with E-state index in [1.807, 2.05) is 0 Å². The summed E-state index contributed by atoms with van der Waals surface area (Å²) in [4.78, 5) is 33.4. The molecule has 11 heteroatoms. The Bertz CT molecular complexity index is 938. The van der Waals surface area contributed by atoms with E-state index < -0.39 is 17.7 Å². The quantitative estimate of drug-likeness (QED) is 0.585. The van der Waals surface area contributed by atoms with E-state index in [0.29, 0.717) is 5.82 Å². The number of benzene rings is 1. The summed E-state index contributed by atoms with van der Waals surface area (Å²) in [6, 6.07) is 6.59. The van der Waals surface area contributed by atoms with Crippen LogP contribution < -0.4 is 16.0 Å². The summed E-state index contributed by atoms with van der Waals surface area (Å²) >= 11 is -0.173. The van der Waals surface area contributed by atoms with Gasteiger partial charge in [0.25, 0.3) is 0 Å². The second kappa shape index (κ2) is 8.83. The SMILES string of the molecule is O=C1CC(C(=O)N[C@@H](c2ccc(SC(F)(F)F)cc2)C2CC2)NC(c2ncccn2)N1. The van der Waals surface area contributed by atoms with Crippen molar-refractivity contribution in [2.24, 2.45) is 5.92 Å². The maximum absolute atomic E-state index is 12.9. The predicted octanol–water partition coefficient (Wildman–Crippen LogP) is 2.83. The first-order chi connectivity index (χ1) is 14.8. The van der Waals surface area contributed by atoms with Gasteiger partial charge < -0.3 is 10.6 Å². The first-order valence-corrected chi connectivity index (χ1v) is 10.6. The molecule has 7 nitrogen and oxygen atoms in total. The minimum absolute atomic E-state index is 0.0340. The van der Waals surface area contributed by atoms with Crippen molar-refractivity contribution in [3.8, 4) is 0 Å². The predicted molar refractivity (Wildman–Crippen MR) is 106 cm³/mol. The Morgan fingerprint density at radius 2 is 1.84 bits per heavy atom. The molecule has 0 radical (unpaired) electrons. The Morgan fingerprint density at radius 3 is 2.45 bits per heavy atom. The lowest BCUT2D eigenvalue weighted by Gasteiger charge is -2.31. The Balaban J connectivity index is 1.44. The number of hydrogen-bond acceptors (Lipinski definition) is 6. The van der Waals surface area contributed by atoms with Crippen molar-refractivity contribution in [1.82, 2.24) is 25.9 Å². The summed E-state index contributed by atoms with van der Waals surface area (Å²) in [5.41, 5.74) is -3.61. The summed E-state index contributed by atoms with van der Waals surface area (Å²) in [5, 5.41) is 8.74. The molecule has 164 valence electrons. The average Bonchev–Trinajstić information content (AvgIpc) is 3.57. The number of hydrogen-bond donors (Lipinski definition) is 3. The van der Waals surface area contributed by atoms with Crippen LogP contribution in [0.2, 0.25) is 0 Å². The number of alkyl halides is 3. The summed E-state index contributed by atoms with van der Waals surface area (Å²) in [6.45, 7) is 0. The van der Waals surface area contributed by atoms with Crippen LogP contribution in [0.1, 0.15) is 42.9 Å². The number of nitrogens with zero attached hydrogens (tertiary/aromatic N) is 2. The van der Waals surface area contributed by atoms with Crippen LogP contribution in [-0.2, 0) is 9.59 Å². The zero-order chi connectivity index (χ0) is 22.0. The highest BCUT2D eigenvalue weighted by Gasteiger charge is 2.38. The third-order valence-electron chi connectivity index (χ3n) is 5.09. The molecule has 1 aliphatic carbocycles. The fraction of sp³-hybridized carbons (Fsp3) is 0.400. The molecule has 3 N–H and O–H groups in total. The van der Waals surface area contributed by atoms with Crippen LogP contribution in [0, 0.1) is 5.92 Å². The van der Waals surface area contributed by atoms with E-state index in [0.717, 1.165) is 18.4 Å². The molecule has 0 bridgehead atoms. The van der Waals surface area contributed by atoms with E-state index in [4.69, 9.17) is 0 Å². The number of aromatic nitrogens is 2. The number of amides is 2. The second-order valence-corrected chi connectivity index (χ2v) is 8.61. The van der Waals surface area contributed by atoms with Gasteiger partial charge in [0.05, 0.1) is 18.5 Å². The standard InChI is InChI=1S/C20H20F3N5O2S/c21-20(22,23)31-13-6-4-12(5-7-13)16(11-2-3-11)28-19(30)14-10-15(29)27-18(26-14)17-24-8-1-9-25-17/h1,4-9,11,14,16,18,26H,2-3,10H2,(H,27,29)(H,28,30)/t14?,16-,18?/m1/s1. The Kier molecular flexibility index (Phi) is 6.15. The van der Waals surface area contributed by atoms with Crippen LogP contribution in [0.4, 0.5) is 13.2 Å². The Labute approximate surface area is 180 Å². The van der Waals surface area contributed by atoms with Crippen LogP contribution in [0.5, 0.6) is 0 Å². The number of halogens is 3. The Morgan fingerprint density at radius 1 is 1.16 bits per heavy atom. The van der Waals surface area contributed by atoms with E-state index in [1.54, 1.807) is 30.6 Å². The molecule has 1 aromatic carbocycles. The van der Waals surface area contributed by atoms with Crippen molar-refractivity contribution in [2.75, 3.05) is 0 Å². The van der Waals surface area contributed by atoms with Gasteiger partial charge in [-0.3, -0.25) is 14.9 Å².